The molecule has 0 aromatic heterocycles. The minimum Gasteiger partial charge on any atom is -0.464 e. The van der Waals surface area contributed by atoms with Gasteiger partial charge in [-0.15, -0.1) is 0 Å². The highest BCUT2D eigenvalue weighted by Crippen LogP contribution is 2.26. The maximum absolute atomic E-state index is 10.6. The SMILES string of the molecule is O=C(O)NN1Cc2cc3ccccc3cc2C1. The highest BCUT2D eigenvalue weighted by atomic mass is 16.4. The van der Waals surface area contributed by atoms with Gasteiger partial charge in [0.25, 0.3) is 0 Å². The summed E-state index contributed by atoms with van der Waals surface area (Å²) in [5.41, 5.74) is 4.78. The van der Waals surface area contributed by atoms with E-state index in [1.54, 1.807) is 5.01 Å². The third-order valence-corrected chi connectivity index (χ3v) is 3.04. The first-order valence-electron chi connectivity index (χ1n) is 5.47. The molecule has 17 heavy (non-hydrogen) atoms. The summed E-state index contributed by atoms with van der Waals surface area (Å²) in [6.45, 7) is 1.26. The van der Waals surface area contributed by atoms with Crippen LogP contribution in [0.15, 0.2) is 36.4 Å². The Hall–Kier alpha value is -2.07. The molecule has 1 heterocycles. The lowest BCUT2D eigenvalue weighted by molar-refractivity contribution is 0.139. The van der Waals surface area contributed by atoms with Crippen LogP contribution in [0.4, 0.5) is 4.79 Å². The van der Waals surface area contributed by atoms with Crippen LogP contribution >= 0.6 is 0 Å². The topological polar surface area (TPSA) is 52.6 Å². The van der Waals surface area contributed by atoms with Gasteiger partial charge in [-0.25, -0.2) is 9.80 Å². The Labute approximate surface area is 98.4 Å². The number of hydrogen-bond donors (Lipinski definition) is 2. The molecule has 4 nitrogen and oxygen atoms in total. The Kier molecular flexibility index (Phi) is 2.23. The summed E-state index contributed by atoms with van der Waals surface area (Å²) in [6, 6.07) is 12.4. The molecule has 0 saturated carbocycles. The molecular formula is C13H12N2O2. The Morgan fingerprint density at radius 3 is 2.12 bits per heavy atom. The predicted molar refractivity (Wildman–Crippen MR) is 64.4 cm³/mol. The second kappa shape index (κ2) is 3.75. The van der Waals surface area contributed by atoms with Gasteiger partial charge in [0.1, 0.15) is 0 Å². The van der Waals surface area contributed by atoms with Gasteiger partial charge in [-0.1, -0.05) is 24.3 Å². The number of benzene rings is 2. The summed E-state index contributed by atoms with van der Waals surface area (Å²) >= 11 is 0. The number of hydrogen-bond acceptors (Lipinski definition) is 2. The minimum atomic E-state index is -1.01. The van der Waals surface area contributed by atoms with Crippen molar-refractivity contribution in [1.29, 1.82) is 0 Å². The summed E-state index contributed by atoms with van der Waals surface area (Å²) < 4.78 is 0. The lowest BCUT2D eigenvalue weighted by Crippen LogP contribution is -2.37. The Morgan fingerprint density at radius 2 is 1.65 bits per heavy atom. The average Bonchev–Trinajstić information content (AvgIpc) is 2.65. The van der Waals surface area contributed by atoms with Gasteiger partial charge in [0, 0.05) is 13.1 Å². The molecule has 0 bridgehead atoms. The lowest BCUT2D eigenvalue weighted by Gasteiger charge is -2.12. The summed E-state index contributed by atoms with van der Waals surface area (Å²) in [5.74, 6) is 0. The zero-order valence-electron chi connectivity index (χ0n) is 9.18. The van der Waals surface area contributed by atoms with Crippen molar-refractivity contribution in [2.45, 2.75) is 13.1 Å². The van der Waals surface area contributed by atoms with E-state index in [0.29, 0.717) is 13.1 Å². The molecule has 0 saturated heterocycles. The molecule has 0 spiro atoms. The van der Waals surface area contributed by atoms with Crippen LogP contribution in [0.1, 0.15) is 11.1 Å². The zero-order valence-corrected chi connectivity index (χ0v) is 9.18. The van der Waals surface area contributed by atoms with Crippen molar-refractivity contribution in [2.24, 2.45) is 0 Å². The molecule has 1 aliphatic heterocycles. The van der Waals surface area contributed by atoms with E-state index in [4.69, 9.17) is 5.11 Å². The fourth-order valence-electron chi connectivity index (χ4n) is 2.31. The first-order chi connectivity index (χ1) is 8.22. The first kappa shape index (κ1) is 10.1. The van der Waals surface area contributed by atoms with Crippen LogP contribution in [0.2, 0.25) is 0 Å². The summed E-state index contributed by atoms with van der Waals surface area (Å²) in [6.07, 6.45) is -1.01. The van der Waals surface area contributed by atoms with Gasteiger partial charge in [-0.2, -0.15) is 0 Å². The molecule has 4 heteroatoms. The monoisotopic (exact) mass is 228 g/mol. The smallest absolute Gasteiger partial charge is 0.419 e. The fraction of sp³-hybridized carbons (Fsp3) is 0.154. The van der Waals surface area contributed by atoms with E-state index < -0.39 is 6.09 Å². The van der Waals surface area contributed by atoms with Crippen molar-refractivity contribution in [3.63, 3.8) is 0 Å². The largest absolute Gasteiger partial charge is 0.464 e. The predicted octanol–water partition coefficient (Wildman–Crippen LogP) is 2.34. The van der Waals surface area contributed by atoms with E-state index >= 15 is 0 Å². The van der Waals surface area contributed by atoms with Gasteiger partial charge in [0.2, 0.25) is 0 Å². The lowest BCUT2D eigenvalue weighted by atomic mass is 10.0. The highest BCUT2D eigenvalue weighted by molar-refractivity contribution is 5.84. The van der Waals surface area contributed by atoms with E-state index in [9.17, 15) is 4.79 Å². The van der Waals surface area contributed by atoms with E-state index in [0.717, 1.165) is 0 Å². The third kappa shape index (κ3) is 1.83. The van der Waals surface area contributed by atoms with Gasteiger partial charge in [0.15, 0.2) is 0 Å². The zero-order chi connectivity index (χ0) is 11.8. The molecule has 0 fully saturated rings. The van der Waals surface area contributed by atoms with Crippen LogP contribution in [0.3, 0.4) is 0 Å². The Bertz CT molecular complexity index is 550. The molecule has 0 radical (unpaired) electrons. The number of rotatable bonds is 1. The van der Waals surface area contributed by atoms with E-state index in [2.05, 4.69) is 29.7 Å². The van der Waals surface area contributed by atoms with Crippen LogP contribution in [0, 0.1) is 0 Å². The van der Waals surface area contributed by atoms with Crippen molar-refractivity contribution >= 4 is 16.9 Å². The second-order valence-corrected chi connectivity index (χ2v) is 4.24. The van der Waals surface area contributed by atoms with Crippen LogP contribution < -0.4 is 5.43 Å². The van der Waals surface area contributed by atoms with E-state index in [1.165, 1.54) is 21.9 Å². The molecule has 2 aromatic rings. The number of hydrazine groups is 1. The summed E-state index contributed by atoms with van der Waals surface area (Å²) in [4.78, 5) is 10.6. The number of carbonyl (C=O) groups is 1. The summed E-state index contributed by atoms with van der Waals surface area (Å²) in [7, 11) is 0. The second-order valence-electron chi connectivity index (χ2n) is 4.24. The van der Waals surface area contributed by atoms with Crippen molar-refractivity contribution in [3.05, 3.63) is 47.5 Å². The average molecular weight is 228 g/mol. The number of nitrogens with zero attached hydrogens (tertiary/aromatic N) is 1. The van der Waals surface area contributed by atoms with Crippen LogP contribution in [0.25, 0.3) is 10.8 Å². The maximum atomic E-state index is 10.6. The van der Waals surface area contributed by atoms with Crippen molar-refractivity contribution in [2.75, 3.05) is 0 Å². The standard InChI is InChI=1S/C13H12N2O2/c16-13(17)14-15-7-11-5-9-3-1-2-4-10(9)6-12(11)8-15/h1-6,14H,7-8H2,(H,16,17). The van der Waals surface area contributed by atoms with E-state index in [-0.39, 0.29) is 0 Å². The van der Waals surface area contributed by atoms with Gasteiger partial charge >= 0.3 is 6.09 Å². The first-order valence-corrected chi connectivity index (χ1v) is 5.47. The maximum Gasteiger partial charge on any atom is 0.419 e. The van der Waals surface area contributed by atoms with Gasteiger partial charge in [-0.05, 0) is 34.0 Å². The van der Waals surface area contributed by atoms with Crippen LogP contribution in [-0.2, 0) is 13.1 Å². The molecule has 3 rings (SSSR count). The molecule has 0 aliphatic carbocycles. The van der Waals surface area contributed by atoms with Crippen molar-refractivity contribution in [3.8, 4) is 0 Å². The van der Waals surface area contributed by atoms with Gasteiger partial charge in [0.05, 0.1) is 0 Å². The molecule has 1 aliphatic rings. The molecule has 0 unspecified atom stereocenters. The summed E-state index contributed by atoms with van der Waals surface area (Å²) in [5, 5.41) is 12.8. The number of carboxylic acid groups (broad SMARTS) is 1. The van der Waals surface area contributed by atoms with Crippen molar-refractivity contribution < 1.29 is 9.90 Å². The molecule has 1 amide bonds. The molecule has 2 N–H and O–H groups in total. The quantitative estimate of drug-likeness (QED) is 0.787. The van der Waals surface area contributed by atoms with Gasteiger partial charge in [-0.3, -0.25) is 5.43 Å². The third-order valence-electron chi connectivity index (χ3n) is 3.04. The van der Waals surface area contributed by atoms with E-state index in [1.807, 2.05) is 12.1 Å². The Morgan fingerprint density at radius 1 is 1.12 bits per heavy atom. The molecule has 0 atom stereocenters. The van der Waals surface area contributed by atoms with Crippen LogP contribution in [0.5, 0.6) is 0 Å². The van der Waals surface area contributed by atoms with Crippen molar-refractivity contribution in [1.82, 2.24) is 10.4 Å². The molecular weight excluding hydrogens is 216 g/mol. The number of nitrogens with one attached hydrogen (secondary N) is 1. The number of fused-ring (bicyclic) bond motifs is 2. The number of amides is 1. The van der Waals surface area contributed by atoms with Crippen LogP contribution in [-0.4, -0.2) is 16.2 Å². The molecule has 86 valence electrons. The Balaban J connectivity index is 1.97. The van der Waals surface area contributed by atoms with Gasteiger partial charge < -0.3 is 5.11 Å². The highest BCUT2D eigenvalue weighted by Gasteiger charge is 2.20. The normalized spacial score (nSPS) is 14.8. The minimum absolute atomic E-state index is 0.631. The molecule has 2 aromatic carbocycles. The fourth-order valence-corrected chi connectivity index (χ4v) is 2.31.